The Morgan fingerprint density at radius 1 is 1.23 bits per heavy atom. The lowest BCUT2D eigenvalue weighted by atomic mass is 9.97. The molecule has 8 nitrogen and oxygen atoms in total. The first-order valence-electron chi connectivity index (χ1n) is 7.45. The van der Waals surface area contributed by atoms with E-state index in [-0.39, 0.29) is 0 Å². The normalized spacial score (nSPS) is 19.0. The minimum absolute atomic E-state index is 0.378. The monoisotopic (exact) mass is 298 g/mol. The average Bonchev–Trinajstić information content (AvgIpc) is 3.14. The summed E-state index contributed by atoms with van der Waals surface area (Å²) in [6, 6.07) is 0. The smallest absolute Gasteiger partial charge is 0.163 e. The van der Waals surface area contributed by atoms with Crippen LogP contribution in [0.5, 0.6) is 0 Å². The SMILES string of the molecule is Cn1cnnc1C1CCCN(c2ncnc3c2cnn3C)C1. The summed E-state index contributed by atoms with van der Waals surface area (Å²) >= 11 is 0. The van der Waals surface area contributed by atoms with E-state index in [1.165, 1.54) is 0 Å². The van der Waals surface area contributed by atoms with E-state index in [1.807, 2.05) is 24.9 Å². The lowest BCUT2D eigenvalue weighted by molar-refractivity contribution is 0.478. The van der Waals surface area contributed by atoms with Gasteiger partial charge in [-0.2, -0.15) is 5.10 Å². The van der Waals surface area contributed by atoms with Crippen molar-refractivity contribution >= 4 is 16.9 Å². The van der Waals surface area contributed by atoms with Gasteiger partial charge in [0.25, 0.3) is 0 Å². The van der Waals surface area contributed by atoms with E-state index >= 15 is 0 Å². The van der Waals surface area contributed by atoms with Gasteiger partial charge in [-0.25, -0.2) is 9.97 Å². The van der Waals surface area contributed by atoms with E-state index in [0.717, 1.165) is 48.6 Å². The fourth-order valence-electron chi connectivity index (χ4n) is 3.24. The van der Waals surface area contributed by atoms with Crippen molar-refractivity contribution in [2.45, 2.75) is 18.8 Å². The molecule has 0 saturated carbocycles. The van der Waals surface area contributed by atoms with E-state index in [4.69, 9.17) is 0 Å². The van der Waals surface area contributed by atoms with E-state index in [2.05, 4.69) is 30.2 Å². The zero-order chi connectivity index (χ0) is 15.1. The van der Waals surface area contributed by atoms with Crippen molar-refractivity contribution < 1.29 is 0 Å². The predicted molar refractivity (Wildman–Crippen MR) is 81.5 cm³/mol. The van der Waals surface area contributed by atoms with Crippen LogP contribution in [0.15, 0.2) is 18.9 Å². The van der Waals surface area contributed by atoms with Crippen LogP contribution in [0, 0.1) is 0 Å². The largest absolute Gasteiger partial charge is 0.355 e. The first-order valence-corrected chi connectivity index (χ1v) is 7.45. The average molecular weight is 298 g/mol. The van der Waals surface area contributed by atoms with Crippen LogP contribution in [0.2, 0.25) is 0 Å². The van der Waals surface area contributed by atoms with E-state index in [0.29, 0.717) is 5.92 Å². The Hall–Kier alpha value is -2.51. The second-order valence-corrected chi connectivity index (χ2v) is 5.79. The number of hydrogen-bond acceptors (Lipinski definition) is 6. The number of fused-ring (bicyclic) bond motifs is 1. The fourth-order valence-corrected chi connectivity index (χ4v) is 3.24. The molecule has 0 radical (unpaired) electrons. The molecule has 3 aromatic rings. The third-order valence-electron chi connectivity index (χ3n) is 4.34. The summed E-state index contributed by atoms with van der Waals surface area (Å²) in [5.74, 6) is 2.38. The quantitative estimate of drug-likeness (QED) is 0.699. The zero-order valence-electron chi connectivity index (χ0n) is 12.7. The number of aryl methyl sites for hydroxylation is 2. The molecule has 8 heteroatoms. The number of rotatable bonds is 2. The minimum atomic E-state index is 0.378. The Kier molecular flexibility index (Phi) is 3.02. The van der Waals surface area contributed by atoms with Gasteiger partial charge in [0.05, 0.1) is 11.6 Å². The lowest BCUT2D eigenvalue weighted by Crippen LogP contribution is -2.36. The predicted octanol–water partition coefficient (Wildman–Crippen LogP) is 0.876. The van der Waals surface area contributed by atoms with E-state index in [9.17, 15) is 0 Å². The standard InChI is InChI=1S/C14H18N8/c1-20-9-17-19-12(20)10-4-3-5-22(7-10)14-11-6-18-21(2)13(11)15-8-16-14/h6,8-10H,3-5,7H2,1-2H3. The lowest BCUT2D eigenvalue weighted by Gasteiger charge is -2.33. The Morgan fingerprint density at radius 3 is 2.95 bits per heavy atom. The highest BCUT2D eigenvalue weighted by Crippen LogP contribution is 2.30. The molecule has 4 heterocycles. The number of anilines is 1. The fraction of sp³-hybridized carbons (Fsp3) is 0.500. The molecule has 1 unspecified atom stereocenters. The first-order chi connectivity index (χ1) is 10.7. The molecule has 1 aliphatic heterocycles. The molecule has 0 aliphatic carbocycles. The summed E-state index contributed by atoms with van der Waals surface area (Å²) in [6.07, 6.45) is 7.47. The van der Waals surface area contributed by atoms with Crippen molar-refractivity contribution in [1.82, 2.24) is 34.5 Å². The van der Waals surface area contributed by atoms with Crippen molar-refractivity contribution in [3.63, 3.8) is 0 Å². The highest BCUT2D eigenvalue weighted by atomic mass is 15.3. The van der Waals surface area contributed by atoms with Crippen molar-refractivity contribution in [2.24, 2.45) is 14.1 Å². The molecule has 1 fully saturated rings. The first kappa shape index (κ1) is 13.2. The Balaban J connectivity index is 1.68. The molecule has 3 aromatic heterocycles. The van der Waals surface area contributed by atoms with Crippen LogP contribution in [0.4, 0.5) is 5.82 Å². The van der Waals surface area contributed by atoms with Gasteiger partial charge < -0.3 is 9.47 Å². The molecule has 0 spiro atoms. The van der Waals surface area contributed by atoms with Crippen molar-refractivity contribution in [3.05, 3.63) is 24.7 Å². The highest BCUT2D eigenvalue weighted by molar-refractivity contribution is 5.86. The molecule has 114 valence electrons. The second kappa shape index (κ2) is 5.04. The minimum Gasteiger partial charge on any atom is -0.355 e. The second-order valence-electron chi connectivity index (χ2n) is 5.79. The number of aromatic nitrogens is 7. The van der Waals surface area contributed by atoms with Crippen LogP contribution >= 0.6 is 0 Å². The van der Waals surface area contributed by atoms with Crippen LogP contribution in [-0.4, -0.2) is 47.6 Å². The van der Waals surface area contributed by atoms with Crippen LogP contribution in [0.25, 0.3) is 11.0 Å². The van der Waals surface area contributed by atoms with Gasteiger partial charge in [0.2, 0.25) is 0 Å². The third kappa shape index (κ3) is 2.02. The molecule has 1 saturated heterocycles. The van der Waals surface area contributed by atoms with Gasteiger partial charge in [-0.15, -0.1) is 10.2 Å². The molecular weight excluding hydrogens is 280 g/mol. The van der Waals surface area contributed by atoms with E-state index in [1.54, 1.807) is 17.3 Å². The molecule has 1 aliphatic rings. The molecule has 4 rings (SSSR count). The summed E-state index contributed by atoms with van der Waals surface area (Å²) < 4.78 is 3.79. The van der Waals surface area contributed by atoms with Gasteiger partial charge in [0, 0.05) is 33.1 Å². The van der Waals surface area contributed by atoms with Gasteiger partial charge in [0.1, 0.15) is 24.3 Å². The van der Waals surface area contributed by atoms with E-state index < -0.39 is 0 Å². The van der Waals surface area contributed by atoms with Crippen molar-refractivity contribution in [1.29, 1.82) is 0 Å². The maximum absolute atomic E-state index is 4.50. The molecule has 22 heavy (non-hydrogen) atoms. The Bertz CT molecular complexity index is 804. The van der Waals surface area contributed by atoms with Gasteiger partial charge in [0.15, 0.2) is 5.65 Å². The summed E-state index contributed by atoms with van der Waals surface area (Å²) in [5, 5.41) is 13.6. The van der Waals surface area contributed by atoms with Gasteiger partial charge >= 0.3 is 0 Å². The molecule has 1 atom stereocenters. The van der Waals surface area contributed by atoms with Gasteiger partial charge in [-0.3, -0.25) is 4.68 Å². The van der Waals surface area contributed by atoms with Gasteiger partial charge in [-0.1, -0.05) is 0 Å². The maximum Gasteiger partial charge on any atom is 0.163 e. The maximum atomic E-state index is 4.50. The Morgan fingerprint density at radius 2 is 2.14 bits per heavy atom. The summed E-state index contributed by atoms with van der Waals surface area (Å²) in [6.45, 7) is 1.89. The molecule has 0 N–H and O–H groups in total. The van der Waals surface area contributed by atoms with Crippen molar-refractivity contribution in [3.8, 4) is 0 Å². The Labute approximate surface area is 127 Å². The number of piperidine rings is 1. The number of hydrogen-bond donors (Lipinski definition) is 0. The summed E-state index contributed by atoms with van der Waals surface area (Å²) in [5.41, 5.74) is 0.866. The van der Waals surface area contributed by atoms with Crippen LogP contribution < -0.4 is 4.90 Å². The van der Waals surface area contributed by atoms with Crippen LogP contribution in [0.3, 0.4) is 0 Å². The summed E-state index contributed by atoms with van der Waals surface area (Å²) in [7, 11) is 3.90. The molecule has 0 aromatic carbocycles. The molecular formula is C14H18N8. The van der Waals surface area contributed by atoms with Gasteiger partial charge in [-0.05, 0) is 12.8 Å². The number of nitrogens with zero attached hydrogens (tertiary/aromatic N) is 8. The van der Waals surface area contributed by atoms with Crippen LogP contribution in [-0.2, 0) is 14.1 Å². The third-order valence-corrected chi connectivity index (χ3v) is 4.34. The zero-order valence-corrected chi connectivity index (χ0v) is 12.7. The topological polar surface area (TPSA) is 77.6 Å². The molecule has 0 amide bonds. The summed E-state index contributed by atoms with van der Waals surface area (Å²) in [4.78, 5) is 11.1. The van der Waals surface area contributed by atoms with Crippen LogP contribution in [0.1, 0.15) is 24.6 Å². The molecule has 0 bridgehead atoms. The van der Waals surface area contributed by atoms with Crippen molar-refractivity contribution in [2.75, 3.05) is 18.0 Å². The highest BCUT2D eigenvalue weighted by Gasteiger charge is 2.26.